The number of carboxylic acids is 1. The van der Waals surface area contributed by atoms with Crippen molar-refractivity contribution in [2.24, 2.45) is 0 Å². The Kier molecular flexibility index (Phi) is 21.7. The second kappa shape index (κ2) is 29.3. The van der Waals surface area contributed by atoms with Crippen LogP contribution >= 0.6 is 46.2 Å². The van der Waals surface area contributed by atoms with E-state index in [1.54, 1.807) is 60.4 Å². The summed E-state index contributed by atoms with van der Waals surface area (Å²) in [4.78, 5) is 82.9. The number of hydrogen-bond acceptors (Lipinski definition) is 16. The molecule has 0 unspecified atom stereocenters. The molecule has 0 saturated carbocycles. The van der Waals surface area contributed by atoms with E-state index in [1.165, 1.54) is 45.4 Å². The van der Waals surface area contributed by atoms with E-state index >= 15 is 0 Å². The van der Waals surface area contributed by atoms with Gasteiger partial charge in [0.2, 0.25) is 0 Å². The van der Waals surface area contributed by atoms with E-state index < -0.39 is 5.97 Å². The minimum atomic E-state index is -1.08. The number of rotatable bonds is 8. The van der Waals surface area contributed by atoms with Crippen molar-refractivity contribution in [2.45, 2.75) is 110 Å². The summed E-state index contributed by atoms with van der Waals surface area (Å²) in [5, 5.41) is 56.8. The number of aliphatic carboxylic acids is 1. The number of carbonyl (C=O) groups excluding carboxylic acids is 7. The Morgan fingerprint density at radius 3 is 1.11 bits per heavy atom. The Bertz CT molecular complexity index is 3770. The van der Waals surface area contributed by atoms with E-state index in [-0.39, 0.29) is 71.8 Å². The molecule has 3 fully saturated rings. The second-order valence-corrected chi connectivity index (χ2v) is 25.7. The summed E-state index contributed by atoms with van der Waals surface area (Å²) in [7, 11) is 0. The maximum absolute atomic E-state index is 13.6. The number of benzene rings is 6. The van der Waals surface area contributed by atoms with Crippen LogP contribution in [0.15, 0.2) is 164 Å². The number of phenols is 4. The Morgan fingerprint density at radius 2 is 0.784 bits per heavy atom. The van der Waals surface area contributed by atoms with Gasteiger partial charge in [-0.15, -0.1) is 0 Å². The predicted octanol–water partition coefficient (Wildman–Crippen LogP) is 10.2. The number of hydrazine groups is 2. The largest absolute Gasteiger partial charge is 0.550 e. The van der Waals surface area contributed by atoms with Crippen LogP contribution in [0, 0.1) is 27.7 Å². The van der Waals surface area contributed by atoms with Crippen molar-refractivity contribution < 1.29 is 59.1 Å². The van der Waals surface area contributed by atoms with Gasteiger partial charge in [-0.1, -0.05) is 168 Å². The van der Waals surface area contributed by atoms with Gasteiger partial charge in [0.1, 0.15) is 48.1 Å². The topological polar surface area (TPSA) is 239 Å². The maximum atomic E-state index is 13.6. The standard InChI is InChI=1S/C26H22N2O4S2.C17H16N2O2.C14H17NO2S2.C8H8O2.C2H4O2/c1-15-16(2)21(30)23-22(20(15)29)33-26(34-23)19-24(31)27(13-17-9-5-3-6-10-17)28(25(19)32)14-18-11-7-4-8-12-18;20-16-11-17(21)19(13-15-9-5-2-6-10-15)18(16)12-14-7-3-1-4-8-14;1-8-9(2)11(17)13-12(10(8)16)18-14(19-13)15-6-4-3-5-7-15;1-5-6(2)8(10)4-3-7(5)9;1-2(3)4/h3-12,29-30H,13-14H2,1-2H3;1-10H,11-13H2;3-7H2,1-2H3,(H-,16,17);3-4H,1-2H3;1H3,(H,3,4). The molecule has 4 aliphatic heterocycles. The molecule has 4 N–H and O–H groups in total. The van der Waals surface area contributed by atoms with Gasteiger partial charge >= 0.3 is 3.98 Å². The number of nitrogens with zero attached hydrogens (tertiary/aromatic N) is 5. The van der Waals surface area contributed by atoms with Crippen molar-refractivity contribution in [3.63, 3.8) is 0 Å². The van der Waals surface area contributed by atoms with Crippen LogP contribution in [0.4, 0.5) is 0 Å². The Labute approximate surface area is 526 Å². The molecule has 5 aliphatic rings. The van der Waals surface area contributed by atoms with Crippen molar-refractivity contribution in [1.29, 1.82) is 0 Å². The quantitative estimate of drug-likeness (QED) is 0.0277. The number of phenolic OH excluding ortho intramolecular Hbond substituents is 4. The molecular formula is C67H67N5O12S4. The van der Waals surface area contributed by atoms with Gasteiger partial charge in [-0.2, -0.15) is 0 Å². The first kappa shape index (κ1) is 65.2. The van der Waals surface area contributed by atoms with Gasteiger partial charge in [0.25, 0.3) is 23.6 Å². The van der Waals surface area contributed by atoms with E-state index in [0.29, 0.717) is 60.9 Å². The van der Waals surface area contributed by atoms with E-state index in [1.807, 2.05) is 135 Å². The summed E-state index contributed by atoms with van der Waals surface area (Å²) >= 11 is 5.52. The molecule has 0 spiro atoms. The number of ketones is 2. The molecule has 12 rings (SSSR count). The lowest BCUT2D eigenvalue weighted by Crippen LogP contribution is -2.39. The fourth-order valence-electron chi connectivity index (χ4n) is 9.69. The minimum Gasteiger partial charge on any atom is -0.550 e. The molecule has 1 aliphatic carbocycles. The summed E-state index contributed by atoms with van der Waals surface area (Å²) in [6.07, 6.45) is 6.35. The molecule has 6 aromatic carbocycles. The summed E-state index contributed by atoms with van der Waals surface area (Å²) in [6.45, 7) is 15.0. The number of fused-ring (bicyclic) bond motifs is 2. The van der Waals surface area contributed by atoms with Crippen molar-refractivity contribution in [3.8, 4) is 23.0 Å². The summed E-state index contributed by atoms with van der Waals surface area (Å²) in [5.74, 6) is -1.46. The van der Waals surface area contributed by atoms with Gasteiger partial charge in [0.05, 0.1) is 49.6 Å². The third-order valence-electron chi connectivity index (χ3n) is 15.2. The average molecular weight is 1260 g/mol. The normalized spacial score (nSPS) is 15.4. The van der Waals surface area contributed by atoms with Crippen LogP contribution in [-0.2, 0) is 59.7 Å². The van der Waals surface area contributed by atoms with E-state index in [2.05, 4.69) is 4.58 Å². The molecule has 0 bridgehead atoms. The van der Waals surface area contributed by atoms with E-state index in [0.717, 1.165) is 86.3 Å². The molecule has 21 heteroatoms. The number of allylic oxidation sites excluding steroid dienone is 4. The number of carboxylic acid groups (broad SMARTS) is 1. The SMILES string of the molecule is CC(=O)[O-].CC1=C(C)C(=O)C=CC1=O.Cc1c(C)c(O)c2c(c1O)SC(=C1C(=O)N(Cc3ccccc3)N(Cc3ccccc3)C1=O)S2.Cc1c(C)c(O)c2sc(=[N+]3CCCCC3)sc2c1O.O=C1CC(=O)N(Cc2ccccc2)N1Cc1ccccc1. The number of amides is 4. The fraction of sp³-hybridized carbons (Fsp3) is 0.254. The van der Waals surface area contributed by atoms with Crippen LogP contribution in [0.25, 0.3) is 9.40 Å². The van der Waals surface area contributed by atoms with Gasteiger partial charge in [-0.25, -0.2) is 24.6 Å². The van der Waals surface area contributed by atoms with Crippen molar-refractivity contribution in [3.05, 3.63) is 203 Å². The van der Waals surface area contributed by atoms with Crippen LogP contribution in [0.2, 0.25) is 0 Å². The van der Waals surface area contributed by atoms with Gasteiger partial charge in [-0.3, -0.25) is 28.8 Å². The minimum absolute atomic E-state index is 0.0420. The number of aromatic hydroxyl groups is 4. The zero-order valence-corrected chi connectivity index (χ0v) is 53.0. The third-order valence-corrected chi connectivity index (χ3v) is 20.5. The molecule has 17 nitrogen and oxygen atoms in total. The monoisotopic (exact) mass is 1260 g/mol. The lowest BCUT2D eigenvalue weighted by atomic mass is 9.98. The maximum Gasteiger partial charge on any atom is 0.315 e. The van der Waals surface area contributed by atoms with Gasteiger partial charge in [-0.05, 0) is 112 Å². The molecule has 88 heavy (non-hydrogen) atoms. The zero-order valence-electron chi connectivity index (χ0n) is 49.7. The highest BCUT2D eigenvalue weighted by Crippen LogP contribution is 2.61. The Morgan fingerprint density at radius 1 is 0.477 bits per heavy atom. The summed E-state index contributed by atoms with van der Waals surface area (Å²) in [5.41, 5.74) is 7.75. The van der Waals surface area contributed by atoms with Crippen molar-refractivity contribution in [1.82, 2.24) is 24.6 Å². The molecule has 0 radical (unpaired) electrons. The number of piperidine rings is 1. The second-order valence-electron chi connectivity index (χ2n) is 21.1. The predicted molar refractivity (Wildman–Crippen MR) is 340 cm³/mol. The highest BCUT2D eigenvalue weighted by molar-refractivity contribution is 8.25. The van der Waals surface area contributed by atoms with Gasteiger partial charge in [0, 0.05) is 30.0 Å². The molecule has 7 aromatic rings. The molecule has 4 amide bonds. The average Bonchev–Trinajstić information content (AvgIpc) is 1.68. The lowest BCUT2D eigenvalue weighted by molar-refractivity contribution is -0.302. The fourth-order valence-corrected chi connectivity index (χ4v) is 15.2. The molecular weight excluding hydrogens is 1200 g/mol. The van der Waals surface area contributed by atoms with Crippen molar-refractivity contribution >= 4 is 96.8 Å². The van der Waals surface area contributed by atoms with Gasteiger partial charge in [0.15, 0.2) is 11.6 Å². The first-order valence-electron chi connectivity index (χ1n) is 28.3. The lowest BCUT2D eigenvalue weighted by Gasteiger charge is -2.28. The van der Waals surface area contributed by atoms with Crippen LogP contribution in [0.3, 0.4) is 0 Å². The molecule has 1 aromatic heterocycles. The first-order valence-corrected chi connectivity index (χ1v) is 31.5. The Hall–Kier alpha value is -8.76. The zero-order chi connectivity index (χ0) is 63.5. The van der Waals surface area contributed by atoms with Crippen LogP contribution in [0.1, 0.15) is 91.0 Å². The Balaban J connectivity index is 0.000000160. The van der Waals surface area contributed by atoms with Crippen LogP contribution in [-0.4, -0.2) is 94.7 Å². The number of hydrogen-bond donors (Lipinski definition) is 4. The number of carbonyl (C=O) groups is 7. The molecule has 3 saturated heterocycles. The highest BCUT2D eigenvalue weighted by atomic mass is 32.2. The summed E-state index contributed by atoms with van der Waals surface area (Å²) in [6, 6.07) is 38.5. The van der Waals surface area contributed by atoms with E-state index in [9.17, 15) is 49.2 Å². The molecule has 5 heterocycles. The summed E-state index contributed by atoms with van der Waals surface area (Å²) < 4.78 is 5.69. The van der Waals surface area contributed by atoms with Crippen LogP contribution in [0.5, 0.6) is 23.0 Å². The van der Waals surface area contributed by atoms with Gasteiger partial charge < -0.3 is 30.3 Å². The molecule has 0 atom stereocenters. The molecule has 456 valence electrons. The van der Waals surface area contributed by atoms with Crippen LogP contribution < -0.4 is 13.7 Å². The van der Waals surface area contributed by atoms with E-state index in [4.69, 9.17) is 9.90 Å². The highest BCUT2D eigenvalue weighted by Gasteiger charge is 2.45. The smallest absolute Gasteiger partial charge is 0.315 e. The first-order chi connectivity index (χ1) is 42.1. The van der Waals surface area contributed by atoms with Crippen molar-refractivity contribution in [2.75, 3.05) is 13.1 Å². The number of thioether (sulfide) groups is 2. The third kappa shape index (κ3) is 15.1.